The number of aromatic carboxylic acids is 1. The Morgan fingerprint density at radius 3 is 2.09 bits per heavy atom. The van der Waals surface area contributed by atoms with Crippen LogP contribution in [-0.2, 0) is 11.2 Å². The molecule has 0 radical (unpaired) electrons. The van der Waals surface area contributed by atoms with Crippen LogP contribution >= 0.6 is 0 Å². The Morgan fingerprint density at radius 1 is 1.00 bits per heavy atom. The molecule has 5 heteroatoms. The molecule has 23 heavy (non-hydrogen) atoms. The molecule has 2 aromatic rings. The summed E-state index contributed by atoms with van der Waals surface area (Å²) < 4.78 is 5.35. The summed E-state index contributed by atoms with van der Waals surface area (Å²) in [5, 5.41) is 18.4. The number of aliphatic carboxylic acids is 1. The van der Waals surface area contributed by atoms with Gasteiger partial charge in [-0.05, 0) is 48.7 Å². The first-order valence-corrected chi connectivity index (χ1v) is 7.29. The highest BCUT2D eigenvalue weighted by molar-refractivity contribution is 5.87. The van der Waals surface area contributed by atoms with Crippen molar-refractivity contribution >= 4 is 11.9 Å². The van der Waals surface area contributed by atoms with E-state index in [1.165, 1.54) is 12.1 Å². The van der Waals surface area contributed by atoms with Crippen molar-refractivity contribution in [1.29, 1.82) is 0 Å². The van der Waals surface area contributed by atoms with E-state index in [4.69, 9.17) is 9.84 Å². The van der Waals surface area contributed by atoms with E-state index in [1.54, 1.807) is 36.4 Å². The molecule has 0 saturated heterocycles. The van der Waals surface area contributed by atoms with Gasteiger partial charge < -0.3 is 14.9 Å². The largest absolute Gasteiger partial charge is 0.494 e. The standard InChI is InChI=1S/C18H18O5/c1-2-23-15-9-7-13(8-10-15)16(18(21)22)11-12-3-5-14(6-4-12)17(19)20/h3-10,16H,2,11H2,1H3,(H,19,20)(H,21,22). The minimum absolute atomic E-state index is 0.182. The van der Waals surface area contributed by atoms with E-state index < -0.39 is 17.9 Å². The van der Waals surface area contributed by atoms with Crippen molar-refractivity contribution in [2.24, 2.45) is 0 Å². The second kappa shape index (κ2) is 7.45. The fraction of sp³-hybridized carbons (Fsp3) is 0.222. The van der Waals surface area contributed by atoms with E-state index in [0.717, 1.165) is 5.56 Å². The highest BCUT2D eigenvalue weighted by atomic mass is 16.5. The zero-order valence-electron chi connectivity index (χ0n) is 12.7. The molecular weight excluding hydrogens is 296 g/mol. The third kappa shape index (κ3) is 4.32. The number of carboxylic acids is 2. The maximum atomic E-state index is 11.6. The van der Waals surface area contributed by atoms with E-state index in [9.17, 15) is 14.7 Å². The Morgan fingerprint density at radius 2 is 1.61 bits per heavy atom. The monoisotopic (exact) mass is 314 g/mol. The van der Waals surface area contributed by atoms with Gasteiger partial charge in [-0.3, -0.25) is 4.79 Å². The molecule has 0 aromatic heterocycles. The summed E-state index contributed by atoms with van der Waals surface area (Å²) in [6.45, 7) is 2.44. The molecule has 2 aromatic carbocycles. The quantitative estimate of drug-likeness (QED) is 0.820. The first kappa shape index (κ1) is 16.5. The van der Waals surface area contributed by atoms with Crippen LogP contribution in [0.25, 0.3) is 0 Å². The minimum atomic E-state index is -1.00. The topological polar surface area (TPSA) is 83.8 Å². The summed E-state index contributed by atoms with van der Waals surface area (Å²) in [5.41, 5.74) is 1.64. The summed E-state index contributed by atoms with van der Waals surface area (Å²) in [7, 11) is 0. The molecule has 0 saturated carbocycles. The predicted molar refractivity (Wildman–Crippen MR) is 85.1 cm³/mol. The van der Waals surface area contributed by atoms with Crippen molar-refractivity contribution in [2.45, 2.75) is 19.3 Å². The fourth-order valence-electron chi connectivity index (χ4n) is 2.33. The first-order chi connectivity index (χ1) is 11.0. The lowest BCUT2D eigenvalue weighted by atomic mass is 9.91. The van der Waals surface area contributed by atoms with Crippen molar-refractivity contribution in [2.75, 3.05) is 6.61 Å². The summed E-state index contributed by atoms with van der Waals surface area (Å²) >= 11 is 0. The number of benzene rings is 2. The van der Waals surface area contributed by atoms with Gasteiger partial charge in [0.25, 0.3) is 0 Å². The fourth-order valence-corrected chi connectivity index (χ4v) is 2.33. The molecule has 1 unspecified atom stereocenters. The van der Waals surface area contributed by atoms with E-state index in [2.05, 4.69) is 0 Å². The average Bonchev–Trinajstić information content (AvgIpc) is 2.54. The first-order valence-electron chi connectivity index (χ1n) is 7.29. The van der Waals surface area contributed by atoms with Gasteiger partial charge in [0.1, 0.15) is 5.75 Å². The number of hydrogen-bond donors (Lipinski definition) is 2. The number of rotatable bonds is 7. The van der Waals surface area contributed by atoms with Crippen molar-refractivity contribution in [3.63, 3.8) is 0 Å². The summed E-state index contributed by atoms with van der Waals surface area (Å²) in [4.78, 5) is 22.4. The predicted octanol–water partition coefficient (Wildman–Crippen LogP) is 3.19. The molecule has 2 N–H and O–H groups in total. The van der Waals surface area contributed by atoms with Crippen molar-refractivity contribution in [3.8, 4) is 5.75 Å². The van der Waals surface area contributed by atoms with Gasteiger partial charge in [0, 0.05) is 0 Å². The average molecular weight is 314 g/mol. The number of hydrogen-bond acceptors (Lipinski definition) is 3. The van der Waals surface area contributed by atoms with Gasteiger partial charge in [0.2, 0.25) is 0 Å². The normalized spacial score (nSPS) is 11.7. The third-order valence-electron chi connectivity index (χ3n) is 3.53. The van der Waals surface area contributed by atoms with Crippen LogP contribution < -0.4 is 4.74 Å². The van der Waals surface area contributed by atoms with Gasteiger partial charge in [-0.2, -0.15) is 0 Å². The molecule has 0 aliphatic rings. The van der Waals surface area contributed by atoms with Crippen LogP contribution in [0.1, 0.15) is 34.3 Å². The van der Waals surface area contributed by atoms with Crippen molar-refractivity contribution in [3.05, 3.63) is 65.2 Å². The lowest BCUT2D eigenvalue weighted by molar-refractivity contribution is -0.138. The van der Waals surface area contributed by atoms with Crippen LogP contribution in [-0.4, -0.2) is 28.8 Å². The molecular formula is C18H18O5. The van der Waals surface area contributed by atoms with E-state index >= 15 is 0 Å². The molecule has 0 fully saturated rings. The van der Waals surface area contributed by atoms with E-state index in [1.807, 2.05) is 6.92 Å². The minimum Gasteiger partial charge on any atom is -0.494 e. The Hall–Kier alpha value is -2.82. The van der Waals surface area contributed by atoms with Crippen LogP contribution in [0, 0.1) is 0 Å². The van der Waals surface area contributed by atoms with E-state index in [-0.39, 0.29) is 5.56 Å². The SMILES string of the molecule is CCOc1ccc(C(Cc2ccc(C(=O)O)cc2)C(=O)O)cc1. The van der Waals surface area contributed by atoms with Crippen LogP contribution in [0.2, 0.25) is 0 Å². The van der Waals surface area contributed by atoms with Crippen LogP contribution in [0.5, 0.6) is 5.75 Å². The van der Waals surface area contributed by atoms with Crippen molar-refractivity contribution in [1.82, 2.24) is 0 Å². The Kier molecular flexibility index (Phi) is 5.36. The van der Waals surface area contributed by atoms with Gasteiger partial charge in [-0.1, -0.05) is 24.3 Å². The second-order valence-corrected chi connectivity index (χ2v) is 5.10. The molecule has 5 nitrogen and oxygen atoms in total. The molecule has 0 heterocycles. The van der Waals surface area contributed by atoms with Crippen LogP contribution in [0.4, 0.5) is 0 Å². The number of ether oxygens (including phenoxy) is 1. The third-order valence-corrected chi connectivity index (χ3v) is 3.53. The molecule has 0 bridgehead atoms. The van der Waals surface area contributed by atoms with Gasteiger partial charge >= 0.3 is 11.9 Å². The molecule has 0 aliphatic heterocycles. The zero-order valence-corrected chi connectivity index (χ0v) is 12.7. The lowest BCUT2D eigenvalue weighted by Crippen LogP contribution is -2.14. The maximum absolute atomic E-state index is 11.6. The van der Waals surface area contributed by atoms with Gasteiger partial charge in [0.05, 0.1) is 18.1 Å². The van der Waals surface area contributed by atoms with Gasteiger partial charge in [0.15, 0.2) is 0 Å². The van der Waals surface area contributed by atoms with Gasteiger partial charge in [-0.15, -0.1) is 0 Å². The second-order valence-electron chi connectivity index (χ2n) is 5.10. The number of carbonyl (C=O) groups is 2. The molecule has 0 amide bonds. The van der Waals surface area contributed by atoms with E-state index in [0.29, 0.717) is 24.3 Å². The molecule has 2 rings (SSSR count). The molecule has 120 valence electrons. The van der Waals surface area contributed by atoms with Crippen LogP contribution in [0.15, 0.2) is 48.5 Å². The maximum Gasteiger partial charge on any atom is 0.335 e. The molecule has 1 atom stereocenters. The lowest BCUT2D eigenvalue weighted by Gasteiger charge is -2.14. The smallest absolute Gasteiger partial charge is 0.335 e. The highest BCUT2D eigenvalue weighted by Gasteiger charge is 2.20. The Labute approximate surface area is 134 Å². The van der Waals surface area contributed by atoms with Gasteiger partial charge in [-0.25, -0.2) is 4.79 Å². The molecule has 0 aliphatic carbocycles. The number of carboxylic acid groups (broad SMARTS) is 2. The zero-order chi connectivity index (χ0) is 16.8. The molecule has 0 spiro atoms. The summed E-state index contributed by atoms with van der Waals surface area (Å²) in [6, 6.07) is 13.3. The van der Waals surface area contributed by atoms with Crippen molar-refractivity contribution < 1.29 is 24.5 Å². The summed E-state index contributed by atoms with van der Waals surface area (Å²) in [6.07, 6.45) is 0.295. The van der Waals surface area contributed by atoms with Crippen LogP contribution in [0.3, 0.4) is 0 Å². The Bertz CT molecular complexity index is 674. The summed E-state index contributed by atoms with van der Waals surface area (Å²) in [5.74, 6) is -1.91. The highest BCUT2D eigenvalue weighted by Crippen LogP contribution is 2.24. The Balaban J connectivity index is 2.18.